The fourth-order valence-corrected chi connectivity index (χ4v) is 4.82. The Morgan fingerprint density at radius 3 is 2.71 bits per heavy atom. The molecule has 3 unspecified atom stereocenters. The van der Waals surface area contributed by atoms with Crippen LogP contribution in [0.1, 0.15) is 33.8 Å². The average molecular weight is 463 g/mol. The van der Waals surface area contributed by atoms with Gasteiger partial charge in [0.15, 0.2) is 17.9 Å². The zero-order valence-corrected chi connectivity index (χ0v) is 18.1. The molecule has 2 aromatic carbocycles. The van der Waals surface area contributed by atoms with Gasteiger partial charge in [0.25, 0.3) is 0 Å². The molecule has 1 aromatic heterocycles. The number of hydrogen-bond donors (Lipinski definition) is 1. The molecule has 0 bridgehead atoms. The summed E-state index contributed by atoms with van der Waals surface area (Å²) in [7, 11) is 0. The highest BCUT2D eigenvalue weighted by molar-refractivity contribution is 5.99. The normalized spacial score (nSPS) is 20.4. The van der Waals surface area contributed by atoms with E-state index in [4.69, 9.17) is 14.9 Å². The molecule has 2 saturated heterocycles. The molecule has 0 aliphatic carbocycles. The number of benzene rings is 2. The minimum absolute atomic E-state index is 0.0186. The zero-order chi connectivity index (χ0) is 23.8. The molecule has 2 aliphatic heterocycles. The van der Waals surface area contributed by atoms with Crippen molar-refractivity contribution >= 4 is 17.6 Å². The van der Waals surface area contributed by atoms with Gasteiger partial charge in [0, 0.05) is 17.7 Å². The van der Waals surface area contributed by atoms with Gasteiger partial charge in [-0.25, -0.2) is 9.37 Å². The van der Waals surface area contributed by atoms with Gasteiger partial charge < -0.3 is 19.8 Å². The average Bonchev–Trinajstić information content (AvgIpc) is 3.58. The number of Topliss-reactive ketones (excluding diaryl/α,β-unsaturated/α-hetero) is 1. The van der Waals surface area contributed by atoms with Crippen molar-refractivity contribution in [2.45, 2.75) is 30.9 Å². The first-order chi connectivity index (χ1) is 16.4. The van der Waals surface area contributed by atoms with Crippen molar-refractivity contribution < 1.29 is 27.9 Å². The van der Waals surface area contributed by atoms with Crippen molar-refractivity contribution in [2.24, 2.45) is 5.73 Å². The molecule has 0 spiro atoms. The third kappa shape index (κ3) is 3.99. The van der Waals surface area contributed by atoms with Crippen LogP contribution in [-0.4, -0.2) is 52.8 Å². The molecular weight excluding hydrogens is 441 g/mol. The number of amides is 2. The Kier molecular flexibility index (Phi) is 5.70. The molecule has 0 radical (unpaired) electrons. The number of rotatable bonds is 6. The van der Waals surface area contributed by atoms with Crippen molar-refractivity contribution in [1.82, 2.24) is 9.88 Å². The summed E-state index contributed by atoms with van der Waals surface area (Å²) in [4.78, 5) is 44.2. The van der Waals surface area contributed by atoms with Gasteiger partial charge in [-0.3, -0.25) is 14.4 Å². The Morgan fingerprint density at radius 2 is 2.00 bits per heavy atom. The first-order valence-corrected chi connectivity index (χ1v) is 10.9. The number of oxazole rings is 1. The summed E-state index contributed by atoms with van der Waals surface area (Å²) < 4.78 is 24.4. The molecule has 3 atom stereocenters. The Morgan fingerprint density at radius 1 is 1.21 bits per heavy atom. The molecule has 5 rings (SSSR count). The molecule has 2 aliphatic rings. The van der Waals surface area contributed by atoms with Crippen molar-refractivity contribution in [1.29, 1.82) is 0 Å². The molecule has 2 amide bonds. The first kappa shape index (κ1) is 22.0. The third-order valence-electron chi connectivity index (χ3n) is 6.46. The van der Waals surface area contributed by atoms with Crippen LogP contribution in [0.15, 0.2) is 59.5 Å². The second-order valence-corrected chi connectivity index (χ2v) is 8.50. The van der Waals surface area contributed by atoms with Gasteiger partial charge in [-0.05, 0) is 48.2 Å². The van der Waals surface area contributed by atoms with Gasteiger partial charge in [0.05, 0.1) is 18.2 Å². The summed E-state index contributed by atoms with van der Waals surface area (Å²) in [6.07, 6.45) is 3.24. The van der Waals surface area contributed by atoms with E-state index in [0.29, 0.717) is 35.4 Å². The van der Waals surface area contributed by atoms with Crippen LogP contribution in [0, 0.1) is 5.82 Å². The second kappa shape index (κ2) is 8.83. The monoisotopic (exact) mass is 463 g/mol. The third-order valence-corrected chi connectivity index (χ3v) is 6.46. The number of fused-ring (bicyclic) bond motifs is 1. The Labute approximate surface area is 194 Å². The molecule has 3 aromatic rings. The van der Waals surface area contributed by atoms with Gasteiger partial charge in [-0.1, -0.05) is 18.2 Å². The number of likely N-dealkylation sites (tertiary alicyclic amines) is 1. The SMILES string of the molecule is NC(=O)c1ccc(-c2cnco2)cc1C(Cc1ccc(F)cc1)C(=O)N1CCC2OCC(=O)C21. The van der Waals surface area contributed by atoms with Crippen LogP contribution >= 0.6 is 0 Å². The van der Waals surface area contributed by atoms with Crippen LogP contribution < -0.4 is 5.73 Å². The quantitative estimate of drug-likeness (QED) is 0.601. The van der Waals surface area contributed by atoms with Crippen LogP contribution in [0.3, 0.4) is 0 Å². The maximum atomic E-state index is 13.9. The maximum Gasteiger partial charge on any atom is 0.249 e. The molecule has 9 heteroatoms. The molecule has 2 N–H and O–H groups in total. The summed E-state index contributed by atoms with van der Waals surface area (Å²) in [5.74, 6) is -1.91. The number of carbonyl (C=O) groups is 3. The molecule has 3 heterocycles. The van der Waals surface area contributed by atoms with Gasteiger partial charge in [-0.15, -0.1) is 0 Å². The molecule has 0 saturated carbocycles. The Balaban J connectivity index is 1.60. The number of primary amides is 1. The van der Waals surface area contributed by atoms with E-state index in [1.165, 1.54) is 24.7 Å². The molecular formula is C25H22FN3O5. The highest BCUT2D eigenvalue weighted by Crippen LogP contribution is 2.35. The lowest BCUT2D eigenvalue weighted by atomic mass is 9.85. The van der Waals surface area contributed by atoms with Crippen LogP contribution in [0.5, 0.6) is 0 Å². The molecule has 8 nitrogen and oxygen atoms in total. The van der Waals surface area contributed by atoms with E-state index in [1.807, 2.05) is 0 Å². The molecule has 174 valence electrons. The number of nitrogens with two attached hydrogens (primary N) is 1. The predicted octanol–water partition coefficient (Wildman–Crippen LogP) is 2.47. The second-order valence-electron chi connectivity index (χ2n) is 8.50. The van der Waals surface area contributed by atoms with Crippen molar-refractivity contribution in [3.8, 4) is 11.3 Å². The Hall–Kier alpha value is -3.85. The van der Waals surface area contributed by atoms with E-state index in [9.17, 15) is 18.8 Å². The summed E-state index contributed by atoms with van der Waals surface area (Å²) in [5.41, 5.74) is 7.59. The van der Waals surface area contributed by atoms with E-state index in [2.05, 4.69) is 4.98 Å². The van der Waals surface area contributed by atoms with Gasteiger partial charge in [0.2, 0.25) is 11.8 Å². The highest BCUT2D eigenvalue weighted by atomic mass is 19.1. The van der Waals surface area contributed by atoms with Crippen molar-refractivity contribution in [3.63, 3.8) is 0 Å². The fourth-order valence-electron chi connectivity index (χ4n) is 4.82. The van der Waals surface area contributed by atoms with E-state index in [1.54, 1.807) is 35.2 Å². The summed E-state index contributed by atoms with van der Waals surface area (Å²) >= 11 is 0. The first-order valence-electron chi connectivity index (χ1n) is 10.9. The number of halogens is 1. The summed E-state index contributed by atoms with van der Waals surface area (Å²) in [5, 5.41) is 0. The van der Waals surface area contributed by atoms with Crippen LogP contribution in [-0.2, 0) is 20.7 Å². The van der Waals surface area contributed by atoms with Crippen LogP contribution in [0.4, 0.5) is 4.39 Å². The van der Waals surface area contributed by atoms with Crippen LogP contribution in [0.2, 0.25) is 0 Å². The summed E-state index contributed by atoms with van der Waals surface area (Å²) in [6.45, 7) is 0.350. The standard InChI is InChI=1S/C25H22FN3O5/c26-16-4-1-14(2-5-16)9-19(25(32)29-8-7-21-23(29)20(30)12-33-21)18-10-15(22-11-28-13-34-22)3-6-17(18)24(27)31/h1-6,10-11,13,19,21,23H,7-9,12H2,(H2,27,31). The van der Waals surface area contributed by atoms with E-state index >= 15 is 0 Å². The van der Waals surface area contributed by atoms with Crippen molar-refractivity contribution in [3.05, 3.63) is 77.6 Å². The predicted molar refractivity (Wildman–Crippen MR) is 118 cm³/mol. The smallest absolute Gasteiger partial charge is 0.249 e. The lowest BCUT2D eigenvalue weighted by Crippen LogP contribution is -2.44. The molecule has 2 fully saturated rings. The Bertz CT molecular complexity index is 1240. The minimum Gasteiger partial charge on any atom is -0.444 e. The van der Waals surface area contributed by atoms with E-state index in [0.717, 1.165) is 0 Å². The summed E-state index contributed by atoms with van der Waals surface area (Å²) in [6, 6.07) is 10.1. The van der Waals surface area contributed by atoms with E-state index in [-0.39, 0.29) is 36.4 Å². The van der Waals surface area contributed by atoms with E-state index < -0.39 is 23.7 Å². The number of carbonyl (C=O) groups excluding carboxylic acids is 3. The number of aromatic nitrogens is 1. The topological polar surface area (TPSA) is 116 Å². The fraction of sp³-hybridized carbons (Fsp3) is 0.280. The van der Waals surface area contributed by atoms with Gasteiger partial charge >= 0.3 is 0 Å². The molecule has 34 heavy (non-hydrogen) atoms. The van der Waals surface area contributed by atoms with Crippen molar-refractivity contribution in [2.75, 3.05) is 13.2 Å². The van der Waals surface area contributed by atoms with Crippen LogP contribution in [0.25, 0.3) is 11.3 Å². The number of nitrogens with zero attached hydrogens (tertiary/aromatic N) is 2. The highest BCUT2D eigenvalue weighted by Gasteiger charge is 2.48. The minimum atomic E-state index is -0.844. The lowest BCUT2D eigenvalue weighted by Gasteiger charge is -2.28. The number of hydrogen-bond acceptors (Lipinski definition) is 6. The largest absolute Gasteiger partial charge is 0.444 e. The lowest BCUT2D eigenvalue weighted by molar-refractivity contribution is -0.137. The number of ether oxygens (including phenoxy) is 1. The maximum absolute atomic E-state index is 13.9. The van der Waals surface area contributed by atoms with Gasteiger partial charge in [0.1, 0.15) is 18.5 Å². The number of ketones is 1. The zero-order valence-electron chi connectivity index (χ0n) is 18.1. The van der Waals surface area contributed by atoms with Gasteiger partial charge in [-0.2, -0.15) is 0 Å².